The number of likely N-dealkylation sites (N-methyl/N-ethyl adjacent to an activating group) is 1. The second kappa shape index (κ2) is 12.3. The van der Waals surface area contributed by atoms with E-state index in [1.54, 1.807) is 47.5 Å². The molecule has 0 unspecified atom stereocenters. The van der Waals surface area contributed by atoms with Crippen LogP contribution in [0.1, 0.15) is 29.8 Å². The molecule has 0 aliphatic carbocycles. The molecule has 1 aliphatic rings. The lowest BCUT2D eigenvalue weighted by atomic mass is 9.99. The molecule has 4 rings (SSSR count). The van der Waals surface area contributed by atoms with Gasteiger partial charge in [-0.1, -0.05) is 43.3 Å². The molecule has 2 N–H and O–H groups in total. The molecule has 1 aliphatic heterocycles. The summed E-state index contributed by atoms with van der Waals surface area (Å²) in [6.07, 6.45) is -0.399. The largest absolute Gasteiger partial charge is 0.488 e. The molecule has 2 heterocycles. The zero-order chi connectivity index (χ0) is 28.2. The lowest BCUT2D eigenvalue weighted by Crippen LogP contribution is -2.50. The van der Waals surface area contributed by atoms with Gasteiger partial charge in [0.05, 0.1) is 31.2 Å². The number of fused-ring (bicyclic) bond motifs is 1. The zero-order valence-corrected chi connectivity index (χ0v) is 23.7. The minimum Gasteiger partial charge on any atom is -0.488 e. The third-order valence-corrected chi connectivity index (χ3v) is 9.95. The van der Waals surface area contributed by atoms with Gasteiger partial charge < -0.3 is 20.1 Å². The maximum Gasteiger partial charge on any atom is 0.258 e. The first-order valence-electron chi connectivity index (χ1n) is 12.7. The number of hydrogen-bond acceptors (Lipinski definition) is 7. The molecule has 39 heavy (non-hydrogen) atoms. The maximum absolute atomic E-state index is 13.6. The van der Waals surface area contributed by atoms with Crippen molar-refractivity contribution in [2.24, 2.45) is 5.92 Å². The van der Waals surface area contributed by atoms with Gasteiger partial charge in [0.15, 0.2) is 0 Å². The molecule has 0 spiro atoms. The highest BCUT2D eigenvalue weighted by Crippen LogP contribution is 2.31. The van der Waals surface area contributed by atoms with E-state index in [9.17, 15) is 23.1 Å². The van der Waals surface area contributed by atoms with Gasteiger partial charge in [0.25, 0.3) is 15.9 Å². The Bertz CT molecular complexity index is 1400. The first-order valence-corrected chi connectivity index (χ1v) is 15.0. The molecule has 0 bridgehead atoms. The molecule has 3 aromatic rings. The number of hydrogen-bond donors (Lipinski definition) is 2. The lowest BCUT2D eigenvalue weighted by molar-refractivity contribution is -0.115. The van der Waals surface area contributed by atoms with Crippen LogP contribution in [0.4, 0.5) is 5.69 Å². The third kappa shape index (κ3) is 6.67. The van der Waals surface area contributed by atoms with E-state index in [1.807, 2.05) is 37.3 Å². The monoisotopic (exact) mass is 571 g/mol. The predicted molar refractivity (Wildman–Crippen MR) is 151 cm³/mol. The molecule has 208 valence electrons. The van der Waals surface area contributed by atoms with Gasteiger partial charge in [0.2, 0.25) is 5.91 Å². The van der Waals surface area contributed by atoms with E-state index < -0.39 is 22.2 Å². The van der Waals surface area contributed by atoms with Gasteiger partial charge in [-0.25, -0.2) is 8.42 Å². The number of benzene rings is 2. The first-order chi connectivity index (χ1) is 18.6. The number of carbonyl (C=O) groups excluding carboxylic acids is 2. The van der Waals surface area contributed by atoms with Crippen molar-refractivity contribution in [2.75, 3.05) is 32.1 Å². The van der Waals surface area contributed by atoms with Crippen molar-refractivity contribution in [2.45, 2.75) is 36.6 Å². The SMILES string of the molecule is C[C@H](CO)N1C[C@H](C)[C@@H](CN(C)S(=O)(=O)c2cccs2)Oc2ccc(NC(=O)Cc3ccccc3)cc2C1=O. The van der Waals surface area contributed by atoms with E-state index >= 15 is 0 Å². The number of ether oxygens (including phenoxy) is 1. The fourth-order valence-electron chi connectivity index (χ4n) is 4.42. The van der Waals surface area contributed by atoms with E-state index in [0.717, 1.165) is 16.9 Å². The van der Waals surface area contributed by atoms with Crippen molar-refractivity contribution in [1.29, 1.82) is 0 Å². The van der Waals surface area contributed by atoms with Crippen molar-refractivity contribution in [3.8, 4) is 5.75 Å². The van der Waals surface area contributed by atoms with Gasteiger partial charge in [0, 0.05) is 25.2 Å². The van der Waals surface area contributed by atoms with Crippen LogP contribution in [0.5, 0.6) is 5.75 Å². The second-order valence-corrected chi connectivity index (χ2v) is 13.0. The Kier molecular flexibility index (Phi) is 9.06. The summed E-state index contributed by atoms with van der Waals surface area (Å²) in [5, 5.41) is 14.4. The molecular weight excluding hydrogens is 538 g/mol. The van der Waals surface area contributed by atoms with E-state index in [-0.39, 0.29) is 59.4 Å². The molecular formula is C28H33N3O6S2. The Hall–Kier alpha value is -3.25. The molecule has 2 amide bonds. The van der Waals surface area contributed by atoms with Gasteiger partial charge in [-0.15, -0.1) is 11.3 Å². The summed E-state index contributed by atoms with van der Waals surface area (Å²) in [5.41, 5.74) is 1.53. The standard InChI is InChI=1S/C28H33N3O6S2/c1-19-16-31(20(2)18-32)28(34)23-15-22(29-26(33)14-21-8-5-4-6-9-21)11-12-24(23)37-25(19)17-30(3)39(35,36)27-10-7-13-38-27/h4-13,15,19-20,25,32H,14,16-18H2,1-3H3,(H,29,33)/t19-,20+,25+/m0/s1. The molecule has 9 nitrogen and oxygen atoms in total. The number of nitrogens with zero attached hydrogens (tertiary/aromatic N) is 2. The molecule has 0 saturated carbocycles. The molecule has 0 radical (unpaired) electrons. The minimum absolute atomic E-state index is 0.0614. The summed E-state index contributed by atoms with van der Waals surface area (Å²) >= 11 is 1.15. The van der Waals surface area contributed by atoms with E-state index in [4.69, 9.17) is 4.74 Å². The van der Waals surface area contributed by atoms with Crippen LogP contribution >= 0.6 is 11.3 Å². The summed E-state index contributed by atoms with van der Waals surface area (Å²) in [6, 6.07) is 16.9. The number of carbonyl (C=O) groups is 2. The summed E-state index contributed by atoms with van der Waals surface area (Å²) in [6.45, 7) is 3.72. The van der Waals surface area contributed by atoms with Crippen LogP contribution in [0.2, 0.25) is 0 Å². The number of nitrogens with one attached hydrogen (secondary N) is 1. The Morgan fingerprint density at radius 2 is 1.95 bits per heavy atom. The van der Waals surface area contributed by atoms with Gasteiger partial charge in [-0.05, 0) is 42.1 Å². The maximum atomic E-state index is 13.6. The average Bonchev–Trinajstić information content (AvgIpc) is 3.47. The minimum atomic E-state index is -3.70. The Balaban J connectivity index is 1.61. The zero-order valence-electron chi connectivity index (χ0n) is 22.1. The van der Waals surface area contributed by atoms with Crippen LogP contribution in [0.3, 0.4) is 0 Å². The van der Waals surface area contributed by atoms with Crippen molar-refractivity contribution in [1.82, 2.24) is 9.21 Å². The van der Waals surface area contributed by atoms with Crippen LogP contribution in [0.25, 0.3) is 0 Å². The van der Waals surface area contributed by atoms with Crippen molar-refractivity contribution < 1.29 is 27.9 Å². The number of aliphatic hydroxyl groups is 1. The molecule has 11 heteroatoms. The number of amides is 2. The Morgan fingerprint density at radius 3 is 2.62 bits per heavy atom. The number of thiophene rings is 1. The second-order valence-electron chi connectivity index (χ2n) is 9.76. The van der Waals surface area contributed by atoms with Crippen LogP contribution in [0.15, 0.2) is 70.3 Å². The highest BCUT2D eigenvalue weighted by Gasteiger charge is 2.35. The summed E-state index contributed by atoms with van der Waals surface area (Å²) in [4.78, 5) is 27.8. The summed E-state index contributed by atoms with van der Waals surface area (Å²) < 4.78 is 33.9. The van der Waals surface area contributed by atoms with Crippen LogP contribution in [-0.4, -0.2) is 73.4 Å². The first kappa shape index (κ1) is 28.8. The summed E-state index contributed by atoms with van der Waals surface area (Å²) in [7, 11) is -2.20. The Labute approximate surface area is 233 Å². The summed E-state index contributed by atoms with van der Waals surface area (Å²) in [5.74, 6) is -0.527. The highest BCUT2D eigenvalue weighted by atomic mass is 32.2. The predicted octanol–water partition coefficient (Wildman–Crippen LogP) is 3.47. The number of rotatable bonds is 9. The van der Waals surface area contributed by atoms with Gasteiger partial charge in [0.1, 0.15) is 16.1 Å². The van der Waals surface area contributed by atoms with Crippen molar-refractivity contribution >= 4 is 38.9 Å². The van der Waals surface area contributed by atoms with Gasteiger partial charge in [-0.3, -0.25) is 9.59 Å². The number of sulfonamides is 1. The van der Waals surface area contributed by atoms with Crippen LogP contribution in [0, 0.1) is 5.92 Å². The third-order valence-electron chi connectivity index (χ3n) is 6.75. The van der Waals surface area contributed by atoms with Crippen LogP contribution in [-0.2, 0) is 21.2 Å². The van der Waals surface area contributed by atoms with Gasteiger partial charge in [-0.2, -0.15) is 4.31 Å². The van der Waals surface area contributed by atoms with Crippen molar-refractivity contribution in [3.05, 3.63) is 77.2 Å². The quantitative estimate of drug-likeness (QED) is 0.406. The lowest BCUT2D eigenvalue weighted by Gasteiger charge is -2.38. The average molecular weight is 572 g/mol. The van der Waals surface area contributed by atoms with Gasteiger partial charge >= 0.3 is 0 Å². The molecule has 3 atom stereocenters. The van der Waals surface area contributed by atoms with Crippen molar-refractivity contribution in [3.63, 3.8) is 0 Å². The molecule has 0 saturated heterocycles. The van der Waals surface area contributed by atoms with E-state index in [2.05, 4.69) is 5.32 Å². The topological polar surface area (TPSA) is 116 Å². The highest BCUT2D eigenvalue weighted by molar-refractivity contribution is 7.91. The normalized spacial score (nSPS) is 18.6. The fourth-order valence-corrected chi connectivity index (χ4v) is 6.80. The van der Waals surface area contributed by atoms with E-state index in [1.165, 1.54) is 11.4 Å². The molecule has 2 aromatic carbocycles. The smallest absolute Gasteiger partial charge is 0.258 e. The van der Waals surface area contributed by atoms with Crippen LogP contribution < -0.4 is 10.1 Å². The molecule has 1 aromatic heterocycles. The fraction of sp³-hybridized carbons (Fsp3) is 0.357. The van der Waals surface area contributed by atoms with E-state index in [0.29, 0.717) is 5.69 Å². The number of aliphatic hydroxyl groups excluding tert-OH is 1. The Morgan fingerprint density at radius 1 is 1.21 bits per heavy atom. The number of anilines is 1. The molecule has 0 fully saturated rings.